The Morgan fingerprint density at radius 3 is 1.26 bits per heavy atom. The molecule has 6 atom stereocenters. The summed E-state index contributed by atoms with van der Waals surface area (Å²) in [6.07, 6.45) is 32.2. The van der Waals surface area contributed by atoms with Crippen molar-refractivity contribution in [2.24, 2.45) is 29.6 Å². The van der Waals surface area contributed by atoms with Crippen molar-refractivity contribution in [2.75, 3.05) is 0 Å². The van der Waals surface area contributed by atoms with E-state index in [1.807, 2.05) is 12.1 Å². The molecule has 0 bridgehead atoms. The Bertz CT molecular complexity index is 5880. The van der Waals surface area contributed by atoms with Crippen LogP contribution in [0.5, 0.6) is 0 Å². The van der Waals surface area contributed by atoms with Gasteiger partial charge in [0, 0.05) is 39.0 Å². The van der Waals surface area contributed by atoms with E-state index in [-0.39, 0.29) is 10.8 Å². The highest BCUT2D eigenvalue weighted by molar-refractivity contribution is 9.10. The van der Waals surface area contributed by atoms with Gasteiger partial charge in [-0.2, -0.15) is 0 Å². The largest absolute Gasteiger partial charge is 0.488 e. The van der Waals surface area contributed by atoms with Crippen molar-refractivity contribution in [3.8, 4) is 55.6 Å². The van der Waals surface area contributed by atoms with E-state index in [9.17, 15) is 10.0 Å². The second-order valence-electron chi connectivity index (χ2n) is 29.8. The lowest BCUT2D eigenvalue weighted by Crippen LogP contribution is -2.31. The quantitative estimate of drug-likeness (QED) is 0.163. The average Bonchev–Trinajstić information content (AvgIpc) is 1.48. The van der Waals surface area contributed by atoms with E-state index in [0.717, 1.165) is 15.2 Å². The van der Waals surface area contributed by atoms with Crippen LogP contribution in [0.2, 0.25) is 0 Å². The fraction of sp³-hybridized carbons (Fsp3) is 0.122. The molecule has 0 aliphatic heterocycles. The molecule has 13 aromatic carbocycles. The number of halogens is 1. The first-order valence-corrected chi connectivity index (χ1v) is 36.8. The van der Waals surface area contributed by atoms with Gasteiger partial charge in [0.15, 0.2) is 0 Å². The lowest BCUT2D eigenvalue weighted by atomic mass is 9.63. The van der Waals surface area contributed by atoms with Crippen molar-refractivity contribution >= 4 is 82.7 Å². The standard InChI is InChI=1S/C49H38.C25H19Br.C24H19BO2/c1-49(2)47-14-8-7-13-44(47)45-24-23-38(30-48(45)49)36-19-17-32-25-31(15-16-34(32)27-36)33-18-20-37-28-40(22-21-35(37)26-33)46-29-39-9-3-4-10-41(39)42-11-5-6-12-43(42)46;1-25(2)23-6-4-3-5-21(23)22-12-10-19(15-24(22)25)16-7-8-18-14-20(26)11-9-17(18)13-16;26-25(27)20-12-11-16-13-19(10-9-17(16)14-20)24-15-18-5-1-2-6-21(18)22-7-3-4-8-23(22)24/h3-30,39,41-43H,1-2H3;3-15H,1-2H3;1-15,18,21,26-27H. The van der Waals surface area contributed by atoms with Crippen molar-refractivity contribution in [1.82, 2.24) is 0 Å². The van der Waals surface area contributed by atoms with Gasteiger partial charge >= 0.3 is 7.12 Å². The predicted molar refractivity (Wildman–Crippen MR) is 435 cm³/mol. The van der Waals surface area contributed by atoms with E-state index < -0.39 is 7.12 Å². The molecule has 2 nitrogen and oxygen atoms in total. The molecule has 7 aliphatic rings. The van der Waals surface area contributed by atoms with E-state index in [2.05, 4.69) is 365 Å². The Labute approximate surface area is 607 Å². The first-order chi connectivity index (χ1) is 49.7. The van der Waals surface area contributed by atoms with Gasteiger partial charge in [0.25, 0.3) is 0 Å². The van der Waals surface area contributed by atoms with E-state index in [1.165, 1.54) is 144 Å². The Morgan fingerprint density at radius 1 is 0.304 bits per heavy atom. The zero-order valence-corrected chi connectivity index (χ0v) is 59.2. The van der Waals surface area contributed by atoms with Crippen LogP contribution in [0.3, 0.4) is 0 Å². The highest BCUT2D eigenvalue weighted by atomic mass is 79.9. The van der Waals surface area contributed by atoms with Gasteiger partial charge in [0.05, 0.1) is 0 Å². The maximum Gasteiger partial charge on any atom is 0.488 e. The zero-order chi connectivity index (χ0) is 69.0. The van der Waals surface area contributed by atoms with Gasteiger partial charge in [0.2, 0.25) is 0 Å². The van der Waals surface area contributed by atoms with Crippen LogP contribution in [0.1, 0.15) is 78.1 Å². The van der Waals surface area contributed by atoms with Crippen molar-refractivity contribution in [2.45, 2.75) is 44.4 Å². The molecular formula is C98H76BBrO2. The summed E-state index contributed by atoms with van der Waals surface area (Å²) in [5.41, 5.74) is 27.3. The molecule has 4 heteroatoms. The smallest absolute Gasteiger partial charge is 0.423 e. The number of fused-ring (bicyclic) bond motifs is 16. The second-order valence-corrected chi connectivity index (χ2v) is 30.7. The summed E-state index contributed by atoms with van der Waals surface area (Å²) in [4.78, 5) is 0. The summed E-state index contributed by atoms with van der Waals surface area (Å²) in [5.74, 6) is 2.71. The molecule has 0 fully saturated rings. The summed E-state index contributed by atoms with van der Waals surface area (Å²) in [7, 11) is -1.44. The molecule has 7 aliphatic carbocycles. The average molecular weight is 1380 g/mol. The molecule has 102 heavy (non-hydrogen) atoms. The van der Waals surface area contributed by atoms with Crippen LogP contribution in [-0.4, -0.2) is 17.2 Å². The number of hydrogen-bond acceptors (Lipinski definition) is 2. The third kappa shape index (κ3) is 11.2. The molecule has 0 aromatic heterocycles. The minimum absolute atomic E-state index is 0.00364. The van der Waals surface area contributed by atoms with Crippen LogP contribution in [-0.2, 0) is 10.8 Å². The van der Waals surface area contributed by atoms with Crippen LogP contribution in [0.15, 0.2) is 344 Å². The van der Waals surface area contributed by atoms with Gasteiger partial charge in [-0.25, -0.2) is 0 Å². The van der Waals surface area contributed by atoms with Crippen molar-refractivity contribution in [3.63, 3.8) is 0 Å². The maximum absolute atomic E-state index is 9.40. The molecular weight excluding hydrogens is 1300 g/mol. The third-order valence-corrected chi connectivity index (χ3v) is 23.7. The molecule has 2 N–H and O–H groups in total. The van der Waals surface area contributed by atoms with Crippen molar-refractivity contribution in [1.29, 1.82) is 0 Å². The Balaban J connectivity index is 0.000000119. The molecule has 490 valence electrons. The van der Waals surface area contributed by atoms with Crippen LogP contribution in [0, 0.1) is 29.6 Å². The first kappa shape index (κ1) is 63.5. The van der Waals surface area contributed by atoms with Crippen LogP contribution < -0.4 is 5.46 Å². The van der Waals surface area contributed by atoms with E-state index in [0.29, 0.717) is 41.0 Å². The zero-order valence-electron chi connectivity index (χ0n) is 57.6. The molecule has 0 heterocycles. The van der Waals surface area contributed by atoms with Crippen LogP contribution in [0.4, 0.5) is 0 Å². The lowest BCUT2D eigenvalue weighted by molar-refractivity contribution is 0.357. The van der Waals surface area contributed by atoms with Gasteiger partial charge in [-0.05, 0) is 232 Å². The van der Waals surface area contributed by atoms with Gasteiger partial charge in [-0.3, -0.25) is 0 Å². The fourth-order valence-electron chi connectivity index (χ4n) is 17.7. The van der Waals surface area contributed by atoms with Gasteiger partial charge in [0.1, 0.15) is 0 Å². The fourth-order valence-corrected chi connectivity index (χ4v) is 18.1. The number of rotatable bonds is 6. The minimum atomic E-state index is -1.44. The molecule has 0 amide bonds. The van der Waals surface area contributed by atoms with Gasteiger partial charge < -0.3 is 10.0 Å². The Hall–Kier alpha value is -10.7. The van der Waals surface area contributed by atoms with E-state index >= 15 is 0 Å². The summed E-state index contributed by atoms with van der Waals surface area (Å²) < 4.78 is 1.12. The monoisotopic (exact) mass is 1370 g/mol. The minimum Gasteiger partial charge on any atom is -0.423 e. The molecule has 0 spiro atoms. The summed E-state index contributed by atoms with van der Waals surface area (Å²) in [6, 6.07) is 93.2. The van der Waals surface area contributed by atoms with Crippen molar-refractivity contribution < 1.29 is 10.0 Å². The molecule has 0 saturated carbocycles. The molecule has 20 rings (SSSR count). The SMILES string of the molecule is CC1(C)c2ccccc2-c2ccc(-c3ccc4cc(-c5ccc6cc(C7=CC8C=CC=CC8C8C=CC=CC78)ccc6c5)ccc4c3)cc21.CC1(C)c2ccccc2-c2ccc(-c3ccc4cc(Br)ccc4c3)cc21.OB(O)c1ccc2cc(C3=CC4C=CC=CC4c4ccccc43)ccc2c1. The second kappa shape index (κ2) is 25.4. The van der Waals surface area contributed by atoms with Crippen molar-refractivity contribution in [3.05, 3.63) is 389 Å². The molecule has 0 radical (unpaired) electrons. The highest BCUT2D eigenvalue weighted by Gasteiger charge is 2.39. The summed E-state index contributed by atoms with van der Waals surface area (Å²) in [6.45, 7) is 9.37. The molecule has 0 saturated heterocycles. The number of allylic oxidation sites excluding steroid dienone is 15. The van der Waals surface area contributed by atoms with Crippen LogP contribution in [0.25, 0.3) is 110 Å². The third-order valence-electron chi connectivity index (χ3n) is 23.2. The highest BCUT2D eigenvalue weighted by Crippen LogP contribution is 2.53. The van der Waals surface area contributed by atoms with Gasteiger partial charge in [-0.15, -0.1) is 0 Å². The van der Waals surface area contributed by atoms with E-state index in [1.54, 1.807) is 6.07 Å². The summed E-state index contributed by atoms with van der Waals surface area (Å²) >= 11 is 3.56. The first-order valence-electron chi connectivity index (χ1n) is 36.0. The number of hydrogen-bond donors (Lipinski definition) is 2. The molecule has 6 unspecified atom stereocenters. The lowest BCUT2D eigenvalue weighted by Gasteiger charge is -2.40. The maximum atomic E-state index is 9.40. The van der Waals surface area contributed by atoms with Crippen LogP contribution >= 0.6 is 15.9 Å². The topological polar surface area (TPSA) is 40.5 Å². The van der Waals surface area contributed by atoms with Gasteiger partial charge in [-0.1, -0.05) is 323 Å². The Morgan fingerprint density at radius 2 is 0.696 bits per heavy atom. The molecule has 13 aromatic rings. The summed E-state index contributed by atoms with van der Waals surface area (Å²) in [5, 5.41) is 28.5. The number of benzene rings is 13. The predicted octanol–water partition coefficient (Wildman–Crippen LogP) is 24.1. The van der Waals surface area contributed by atoms with E-state index in [4.69, 9.17) is 0 Å². The Kier molecular flexibility index (Phi) is 15.8. The normalized spacial score (nSPS) is 19.8.